The summed E-state index contributed by atoms with van der Waals surface area (Å²) in [6.07, 6.45) is 1.42. The van der Waals surface area contributed by atoms with Crippen LogP contribution in [0.3, 0.4) is 0 Å². The zero-order chi connectivity index (χ0) is 25.5. The quantitative estimate of drug-likeness (QED) is 0.459. The molecule has 4 aromatic rings. The number of nitrogens with zero attached hydrogens (tertiary/aromatic N) is 3. The van der Waals surface area contributed by atoms with E-state index in [9.17, 15) is 14.4 Å². The average molecular weight is 493 g/mol. The van der Waals surface area contributed by atoms with E-state index in [1.165, 1.54) is 17.2 Å². The van der Waals surface area contributed by atoms with E-state index in [1.54, 1.807) is 6.07 Å². The predicted molar refractivity (Wildman–Crippen MR) is 141 cm³/mol. The number of piperidine rings is 1. The smallest absolute Gasteiger partial charge is 0.256 e. The maximum absolute atomic E-state index is 13.6. The highest BCUT2D eigenvalue weighted by molar-refractivity contribution is 6.06. The van der Waals surface area contributed by atoms with Gasteiger partial charge >= 0.3 is 0 Å². The van der Waals surface area contributed by atoms with Crippen LogP contribution in [0.15, 0.2) is 71.5 Å². The molecule has 2 amide bonds. The van der Waals surface area contributed by atoms with Gasteiger partial charge in [0.1, 0.15) is 0 Å². The Morgan fingerprint density at radius 3 is 2.22 bits per heavy atom. The summed E-state index contributed by atoms with van der Waals surface area (Å²) in [6, 6.07) is 20.7. The van der Waals surface area contributed by atoms with Gasteiger partial charge in [0.15, 0.2) is 0 Å². The number of nitrogens with one attached hydrogen (secondary N) is 1. The summed E-state index contributed by atoms with van der Waals surface area (Å²) in [4.78, 5) is 50.5. The number of aromatic nitrogens is 2. The molecule has 0 atom stereocenters. The highest BCUT2D eigenvalue weighted by atomic mass is 16.2. The number of carbonyl (C=O) groups is 2. The average Bonchev–Trinajstić information content (AvgIpc) is 3.36. The Hall–Kier alpha value is -4.26. The van der Waals surface area contributed by atoms with Gasteiger partial charge in [0.25, 0.3) is 11.8 Å². The summed E-state index contributed by atoms with van der Waals surface area (Å²) in [7, 11) is 0. The number of hydrogen-bond acceptors (Lipinski definition) is 4. The Morgan fingerprint density at radius 1 is 0.838 bits per heavy atom. The lowest BCUT2D eigenvalue weighted by atomic mass is 9.89. The van der Waals surface area contributed by atoms with Crippen molar-refractivity contribution in [3.8, 4) is 0 Å². The zero-order valence-corrected chi connectivity index (χ0v) is 20.7. The molecule has 7 nitrogen and oxygen atoms in total. The van der Waals surface area contributed by atoms with Gasteiger partial charge in [0.05, 0.1) is 16.8 Å². The molecule has 7 heteroatoms. The third-order valence-corrected chi connectivity index (χ3v) is 7.57. The third kappa shape index (κ3) is 4.31. The normalized spacial score (nSPS) is 15.7. The van der Waals surface area contributed by atoms with Crippen LogP contribution in [0.1, 0.15) is 62.0 Å². The van der Waals surface area contributed by atoms with Crippen LogP contribution < -0.4 is 5.56 Å². The number of pyridine rings is 2. The fraction of sp³-hybridized carbons (Fsp3) is 0.267. The maximum atomic E-state index is 13.6. The second-order valence-electron chi connectivity index (χ2n) is 9.97. The molecule has 0 unspecified atom stereocenters. The Bertz CT molecular complexity index is 1560. The van der Waals surface area contributed by atoms with E-state index in [1.807, 2.05) is 59.2 Å². The first-order valence-corrected chi connectivity index (χ1v) is 12.7. The van der Waals surface area contributed by atoms with Gasteiger partial charge in [0, 0.05) is 54.8 Å². The third-order valence-electron chi connectivity index (χ3n) is 7.57. The number of para-hydroxylation sites is 1. The molecule has 0 saturated carbocycles. The number of likely N-dealkylation sites (tertiary alicyclic amines) is 1. The van der Waals surface area contributed by atoms with Crippen LogP contribution in [-0.2, 0) is 13.1 Å². The highest BCUT2D eigenvalue weighted by Crippen LogP contribution is 2.32. The van der Waals surface area contributed by atoms with Crippen molar-refractivity contribution in [1.82, 2.24) is 19.8 Å². The van der Waals surface area contributed by atoms with E-state index in [0.29, 0.717) is 55.7 Å². The molecule has 186 valence electrons. The molecule has 1 N–H and O–H groups in total. The lowest BCUT2D eigenvalue weighted by Crippen LogP contribution is -2.39. The molecule has 0 spiro atoms. The van der Waals surface area contributed by atoms with Gasteiger partial charge in [-0.25, -0.2) is 0 Å². The van der Waals surface area contributed by atoms with Crippen LogP contribution in [0.25, 0.3) is 10.9 Å². The SMILES string of the molecule is Cc1ccc(C(=O)N2Cc3ccccc3C2)c(C2CCN(C(=O)c3cc(=O)[nH]c4ccccc34)CC2)n1. The van der Waals surface area contributed by atoms with Crippen molar-refractivity contribution in [3.05, 3.63) is 111 Å². The minimum Gasteiger partial charge on any atom is -0.339 e. The van der Waals surface area contributed by atoms with Gasteiger partial charge in [-0.15, -0.1) is 0 Å². The lowest BCUT2D eigenvalue weighted by Gasteiger charge is -2.33. The van der Waals surface area contributed by atoms with Crippen LogP contribution in [0.4, 0.5) is 0 Å². The number of amides is 2. The molecular weight excluding hydrogens is 464 g/mol. The minimum absolute atomic E-state index is 0.00665. The van der Waals surface area contributed by atoms with Gasteiger partial charge in [-0.3, -0.25) is 19.4 Å². The van der Waals surface area contributed by atoms with Gasteiger partial charge in [-0.1, -0.05) is 42.5 Å². The Morgan fingerprint density at radius 2 is 1.49 bits per heavy atom. The number of carbonyl (C=O) groups excluding carboxylic acids is 2. The highest BCUT2D eigenvalue weighted by Gasteiger charge is 2.31. The summed E-state index contributed by atoms with van der Waals surface area (Å²) in [5.41, 5.74) is 5.55. The van der Waals surface area contributed by atoms with Crippen molar-refractivity contribution in [2.45, 2.75) is 38.8 Å². The first kappa shape index (κ1) is 23.2. The Labute approximate surface area is 214 Å². The van der Waals surface area contributed by atoms with Crippen LogP contribution in [0, 0.1) is 6.92 Å². The fourth-order valence-electron chi connectivity index (χ4n) is 5.62. The van der Waals surface area contributed by atoms with Crippen molar-refractivity contribution in [2.75, 3.05) is 13.1 Å². The van der Waals surface area contributed by atoms with E-state index in [2.05, 4.69) is 17.1 Å². The molecule has 1 saturated heterocycles. The molecular formula is C30H28N4O3. The second kappa shape index (κ2) is 9.32. The van der Waals surface area contributed by atoms with Gasteiger partial charge < -0.3 is 14.8 Å². The van der Waals surface area contributed by atoms with Gasteiger partial charge in [-0.05, 0) is 49.1 Å². The zero-order valence-electron chi connectivity index (χ0n) is 20.7. The number of fused-ring (bicyclic) bond motifs is 2. The molecule has 6 rings (SSSR count). The molecule has 0 radical (unpaired) electrons. The van der Waals surface area contributed by atoms with Crippen molar-refractivity contribution in [3.63, 3.8) is 0 Å². The first-order chi connectivity index (χ1) is 18.0. The molecule has 2 aliphatic rings. The molecule has 0 aliphatic carbocycles. The molecule has 2 aromatic heterocycles. The van der Waals surface area contributed by atoms with Crippen LogP contribution in [0.2, 0.25) is 0 Å². The number of hydrogen-bond donors (Lipinski definition) is 1. The number of aromatic amines is 1. The Kier molecular flexibility index (Phi) is 5.83. The fourth-order valence-corrected chi connectivity index (χ4v) is 5.62. The van der Waals surface area contributed by atoms with Crippen molar-refractivity contribution in [1.29, 1.82) is 0 Å². The molecule has 2 aromatic carbocycles. The molecule has 0 bridgehead atoms. The molecule has 2 aliphatic heterocycles. The van der Waals surface area contributed by atoms with E-state index in [-0.39, 0.29) is 23.3 Å². The van der Waals surface area contributed by atoms with Crippen molar-refractivity contribution < 1.29 is 9.59 Å². The van der Waals surface area contributed by atoms with Crippen molar-refractivity contribution >= 4 is 22.7 Å². The maximum Gasteiger partial charge on any atom is 0.256 e. The van der Waals surface area contributed by atoms with Crippen molar-refractivity contribution in [2.24, 2.45) is 0 Å². The van der Waals surface area contributed by atoms with E-state index >= 15 is 0 Å². The predicted octanol–water partition coefficient (Wildman–Crippen LogP) is 4.41. The number of rotatable bonds is 3. The van der Waals surface area contributed by atoms with Gasteiger partial charge in [0.2, 0.25) is 5.56 Å². The monoisotopic (exact) mass is 492 g/mol. The van der Waals surface area contributed by atoms with Crippen LogP contribution in [-0.4, -0.2) is 44.7 Å². The van der Waals surface area contributed by atoms with E-state index in [4.69, 9.17) is 4.98 Å². The number of benzene rings is 2. The number of H-pyrrole nitrogens is 1. The number of aryl methyl sites for hydroxylation is 1. The second-order valence-corrected chi connectivity index (χ2v) is 9.97. The molecule has 4 heterocycles. The topological polar surface area (TPSA) is 86.4 Å². The largest absolute Gasteiger partial charge is 0.339 e. The van der Waals surface area contributed by atoms with E-state index < -0.39 is 0 Å². The summed E-state index contributed by atoms with van der Waals surface area (Å²) in [6.45, 7) is 4.26. The first-order valence-electron chi connectivity index (χ1n) is 12.7. The summed E-state index contributed by atoms with van der Waals surface area (Å²) >= 11 is 0. The van der Waals surface area contributed by atoms with E-state index in [0.717, 1.165) is 16.8 Å². The van der Waals surface area contributed by atoms with Crippen LogP contribution >= 0.6 is 0 Å². The minimum atomic E-state index is -0.284. The summed E-state index contributed by atoms with van der Waals surface area (Å²) < 4.78 is 0. The lowest BCUT2D eigenvalue weighted by molar-refractivity contribution is 0.0704. The molecule has 1 fully saturated rings. The van der Waals surface area contributed by atoms with Gasteiger partial charge in [-0.2, -0.15) is 0 Å². The standard InChI is InChI=1S/C30H28N4O3/c1-19-10-11-24(29(36)34-17-21-6-2-3-7-22(21)18-34)28(31-19)20-12-14-33(15-13-20)30(37)25-16-27(35)32-26-9-5-4-8-23(25)26/h2-11,16,20H,12-15,17-18H2,1H3,(H,32,35). The summed E-state index contributed by atoms with van der Waals surface area (Å²) in [5, 5.41) is 0.745. The van der Waals surface area contributed by atoms with Crippen LogP contribution in [0.5, 0.6) is 0 Å². The Balaban J connectivity index is 1.21. The molecule has 37 heavy (non-hydrogen) atoms. The summed E-state index contributed by atoms with van der Waals surface area (Å²) in [5.74, 6) is -0.0416.